The Labute approximate surface area is 100 Å². The maximum atomic E-state index is 10.2. The summed E-state index contributed by atoms with van der Waals surface area (Å²) >= 11 is 4.77. The molecular weight excluding hydrogens is 204 g/mol. The molecule has 0 fully saturated rings. The van der Waals surface area contributed by atoms with Crippen LogP contribution in [0.5, 0.6) is 0 Å². The summed E-state index contributed by atoms with van der Waals surface area (Å²) in [6.07, 6.45) is 13.8. The molecule has 0 bridgehead atoms. The van der Waals surface area contributed by atoms with Crippen LogP contribution in [0.2, 0.25) is 0 Å². The highest BCUT2D eigenvalue weighted by atomic mass is 32.1. The van der Waals surface area contributed by atoms with E-state index in [0.29, 0.717) is 0 Å². The molecule has 0 N–H and O–H groups in total. The summed E-state index contributed by atoms with van der Waals surface area (Å²) in [5, 5.41) is 12.0. The number of hydrogen-bond acceptors (Lipinski definition) is 1. The van der Waals surface area contributed by atoms with E-state index in [1.165, 1.54) is 51.4 Å². The molecule has 0 saturated carbocycles. The molecule has 0 aromatic heterocycles. The maximum absolute atomic E-state index is 10.2. The second-order valence-corrected chi connectivity index (χ2v) is 4.53. The average molecular weight is 229 g/mol. The van der Waals surface area contributed by atoms with Gasteiger partial charge in [-0.05, 0) is 24.6 Å². The molecule has 1 nitrogen and oxygen atoms in total. The highest BCUT2D eigenvalue weighted by Gasteiger charge is 1.92. The summed E-state index contributed by atoms with van der Waals surface area (Å²) in [7, 11) is 0. The second kappa shape index (κ2) is 14.1. The molecule has 0 heterocycles. The third-order valence-electron chi connectivity index (χ3n) is 2.72. The predicted molar refractivity (Wildman–Crippen MR) is 70.0 cm³/mol. The van der Waals surface area contributed by atoms with E-state index in [0.717, 1.165) is 19.3 Å². The van der Waals surface area contributed by atoms with Gasteiger partial charge in [0, 0.05) is 0 Å². The van der Waals surface area contributed by atoms with Crippen molar-refractivity contribution >= 4 is 17.6 Å². The minimum absolute atomic E-state index is 0.111. The molecule has 15 heavy (non-hydrogen) atoms. The van der Waals surface area contributed by atoms with Crippen LogP contribution in [0.25, 0.3) is 0 Å². The fourth-order valence-corrected chi connectivity index (χ4v) is 1.91. The van der Waals surface area contributed by atoms with E-state index >= 15 is 0 Å². The molecule has 0 aromatic rings. The third kappa shape index (κ3) is 14.1. The molecule has 1 radical (unpaired) electrons. The van der Waals surface area contributed by atoms with E-state index in [-0.39, 0.29) is 6.61 Å². The number of unbranched alkanes of at least 4 members (excludes halogenated alkanes) is 10. The first-order chi connectivity index (χ1) is 7.41. The van der Waals surface area contributed by atoms with Crippen molar-refractivity contribution in [3.05, 3.63) is 0 Å². The van der Waals surface area contributed by atoms with E-state index in [1.807, 2.05) is 5.37 Å². The smallest absolute Gasteiger partial charge is 0.0822 e. The van der Waals surface area contributed by atoms with Crippen molar-refractivity contribution in [1.82, 2.24) is 0 Å². The average Bonchev–Trinajstić information content (AvgIpc) is 2.26. The van der Waals surface area contributed by atoms with Crippen molar-refractivity contribution in [2.75, 3.05) is 6.61 Å². The van der Waals surface area contributed by atoms with Crippen LogP contribution in [-0.4, -0.2) is 12.0 Å². The molecule has 0 saturated heterocycles. The van der Waals surface area contributed by atoms with Crippen LogP contribution in [0.15, 0.2) is 0 Å². The first-order valence-electron chi connectivity index (χ1n) is 6.43. The van der Waals surface area contributed by atoms with Crippen molar-refractivity contribution in [1.29, 1.82) is 0 Å². The molecule has 0 amide bonds. The third-order valence-corrected chi connectivity index (χ3v) is 2.95. The molecule has 0 rings (SSSR count). The van der Waals surface area contributed by atoms with Gasteiger partial charge < -0.3 is 0 Å². The zero-order valence-corrected chi connectivity index (χ0v) is 10.7. The minimum Gasteiger partial charge on any atom is -0.237 e. The Hall–Kier alpha value is 0.0500. The van der Waals surface area contributed by atoms with Crippen molar-refractivity contribution < 1.29 is 5.11 Å². The SMILES string of the molecule is [O]CCCCCCCCCCCCC=S. The molecule has 89 valence electrons. The van der Waals surface area contributed by atoms with E-state index < -0.39 is 0 Å². The van der Waals surface area contributed by atoms with Gasteiger partial charge in [-0.25, -0.2) is 5.11 Å². The summed E-state index contributed by atoms with van der Waals surface area (Å²) in [6.45, 7) is 0.111. The van der Waals surface area contributed by atoms with Gasteiger partial charge in [0.25, 0.3) is 0 Å². The Morgan fingerprint density at radius 1 is 0.667 bits per heavy atom. The first-order valence-corrected chi connectivity index (χ1v) is 6.90. The summed E-state index contributed by atoms with van der Waals surface area (Å²) < 4.78 is 0. The van der Waals surface area contributed by atoms with Gasteiger partial charge in [0.15, 0.2) is 0 Å². The van der Waals surface area contributed by atoms with E-state index in [9.17, 15) is 5.11 Å². The molecule has 0 atom stereocenters. The van der Waals surface area contributed by atoms with E-state index in [4.69, 9.17) is 12.2 Å². The maximum Gasteiger partial charge on any atom is 0.0822 e. The summed E-state index contributed by atoms with van der Waals surface area (Å²) in [6, 6.07) is 0. The van der Waals surface area contributed by atoms with Crippen molar-refractivity contribution in [3.8, 4) is 0 Å². The number of rotatable bonds is 12. The van der Waals surface area contributed by atoms with Gasteiger partial charge in [-0.1, -0.05) is 63.6 Å². The van der Waals surface area contributed by atoms with Crippen LogP contribution >= 0.6 is 12.2 Å². The Morgan fingerprint density at radius 2 is 1.07 bits per heavy atom. The van der Waals surface area contributed by atoms with E-state index in [1.54, 1.807) is 0 Å². The first kappa shape index (κ1) is 15.0. The monoisotopic (exact) mass is 229 g/mol. The Bertz CT molecular complexity index is 126. The number of thiocarbonyl (C=S) groups is 1. The van der Waals surface area contributed by atoms with Gasteiger partial charge in [0.1, 0.15) is 0 Å². The highest BCUT2D eigenvalue weighted by molar-refractivity contribution is 7.78. The highest BCUT2D eigenvalue weighted by Crippen LogP contribution is 2.10. The zero-order chi connectivity index (χ0) is 11.2. The topological polar surface area (TPSA) is 19.9 Å². The van der Waals surface area contributed by atoms with Gasteiger partial charge in [0.05, 0.1) is 6.61 Å². The fourth-order valence-electron chi connectivity index (χ4n) is 1.74. The molecule has 0 unspecified atom stereocenters. The van der Waals surface area contributed by atoms with Gasteiger partial charge in [-0.15, -0.1) is 0 Å². The van der Waals surface area contributed by atoms with Gasteiger partial charge in [-0.2, -0.15) is 0 Å². The normalized spacial score (nSPS) is 10.5. The lowest BCUT2D eigenvalue weighted by molar-refractivity contribution is 0.186. The van der Waals surface area contributed by atoms with Crippen molar-refractivity contribution in [2.24, 2.45) is 0 Å². The molecular formula is C13H25OS. The van der Waals surface area contributed by atoms with Crippen LogP contribution < -0.4 is 0 Å². The molecule has 0 aliphatic carbocycles. The predicted octanol–water partition coefficient (Wildman–Crippen LogP) is 4.71. The van der Waals surface area contributed by atoms with Gasteiger partial charge in [0.2, 0.25) is 0 Å². The molecule has 0 aliphatic heterocycles. The van der Waals surface area contributed by atoms with Crippen molar-refractivity contribution in [3.63, 3.8) is 0 Å². The zero-order valence-electron chi connectivity index (χ0n) is 9.88. The van der Waals surface area contributed by atoms with Gasteiger partial charge in [-0.3, -0.25) is 0 Å². The van der Waals surface area contributed by atoms with Crippen LogP contribution in [0.1, 0.15) is 70.6 Å². The molecule has 0 spiro atoms. The summed E-state index contributed by atoms with van der Waals surface area (Å²) in [5.74, 6) is 0. The van der Waals surface area contributed by atoms with Crippen LogP contribution in [0.4, 0.5) is 0 Å². The largest absolute Gasteiger partial charge is 0.237 e. The van der Waals surface area contributed by atoms with E-state index in [2.05, 4.69) is 0 Å². The minimum atomic E-state index is 0.111. The van der Waals surface area contributed by atoms with Crippen molar-refractivity contribution in [2.45, 2.75) is 70.6 Å². The number of hydrogen-bond donors (Lipinski definition) is 0. The standard InChI is InChI=1S/C13H25OS/c14-12-10-8-6-4-2-1-3-5-7-9-11-13-15/h13H,1-12H2. The van der Waals surface area contributed by atoms with Crippen LogP contribution in [0.3, 0.4) is 0 Å². The Kier molecular flexibility index (Phi) is 14.1. The quantitative estimate of drug-likeness (QED) is 0.350. The fraction of sp³-hybridized carbons (Fsp3) is 0.923. The van der Waals surface area contributed by atoms with Gasteiger partial charge >= 0.3 is 0 Å². The molecule has 2 heteroatoms. The lowest BCUT2D eigenvalue weighted by atomic mass is 10.1. The molecule has 0 aromatic carbocycles. The Morgan fingerprint density at radius 3 is 1.47 bits per heavy atom. The lowest BCUT2D eigenvalue weighted by Gasteiger charge is -2.01. The second-order valence-electron chi connectivity index (χ2n) is 4.19. The Balaban J connectivity index is 2.83. The van der Waals surface area contributed by atoms with Crippen LogP contribution in [0, 0.1) is 0 Å². The summed E-state index contributed by atoms with van der Waals surface area (Å²) in [4.78, 5) is 0. The summed E-state index contributed by atoms with van der Waals surface area (Å²) in [5.41, 5.74) is 0. The van der Waals surface area contributed by atoms with Crippen LogP contribution in [-0.2, 0) is 5.11 Å². The lowest BCUT2D eigenvalue weighted by Crippen LogP contribution is -1.84. The molecule has 0 aliphatic rings.